The highest BCUT2D eigenvalue weighted by molar-refractivity contribution is 5.96. The molecular formula is C34H34F4N6O2. The lowest BCUT2D eigenvalue weighted by atomic mass is 9.65. The largest absolute Gasteiger partial charge is 0.298 e. The number of carbonyl (C=O) groups excluding carboxylic acids is 2. The quantitative estimate of drug-likeness (QED) is 0.0497. The third-order valence-electron chi connectivity index (χ3n) is 9.37. The molecule has 0 aliphatic heterocycles. The van der Waals surface area contributed by atoms with E-state index in [0.717, 1.165) is 49.3 Å². The molecule has 1 aromatic heterocycles. The number of aromatic nitrogens is 2. The molecule has 2 unspecified atom stereocenters. The average molecular weight is 635 g/mol. The summed E-state index contributed by atoms with van der Waals surface area (Å²) < 4.78 is 57.0. The smallest absolute Gasteiger partial charge is 0.249 e. The highest BCUT2D eigenvalue weighted by Crippen LogP contribution is 2.47. The van der Waals surface area contributed by atoms with Crippen LogP contribution in [0.5, 0.6) is 0 Å². The molecule has 3 aromatic rings. The summed E-state index contributed by atoms with van der Waals surface area (Å²) in [5.74, 6) is -7.80. The fraction of sp³-hybridized carbons (Fsp3) is 0.412. The van der Waals surface area contributed by atoms with Crippen LogP contribution in [-0.4, -0.2) is 28.8 Å². The van der Waals surface area contributed by atoms with Crippen molar-refractivity contribution in [1.82, 2.24) is 9.97 Å². The number of benzene rings is 2. The predicted octanol–water partition coefficient (Wildman–Crippen LogP) is 8.08. The normalized spacial score (nSPS) is 18.8. The molecule has 1 heterocycles. The number of hydrogen-bond acceptors (Lipinski definition) is 4. The van der Waals surface area contributed by atoms with Crippen LogP contribution in [-0.2, 0) is 30.5 Å². The van der Waals surface area contributed by atoms with Crippen LogP contribution in [0.15, 0.2) is 35.5 Å². The molecule has 2 atom stereocenters. The molecule has 0 saturated heterocycles. The zero-order valence-electron chi connectivity index (χ0n) is 26.2. The van der Waals surface area contributed by atoms with Gasteiger partial charge in [-0.25, -0.2) is 27.5 Å². The van der Waals surface area contributed by atoms with Gasteiger partial charge >= 0.3 is 0 Å². The number of anilines is 1. The number of aryl methyl sites for hydroxylation is 2. The molecule has 2 aliphatic carbocycles. The molecule has 0 N–H and O–H groups in total. The second-order valence-electron chi connectivity index (χ2n) is 12.6. The van der Waals surface area contributed by atoms with E-state index in [0.29, 0.717) is 42.3 Å². The molecule has 46 heavy (non-hydrogen) atoms. The van der Waals surface area contributed by atoms with Crippen molar-refractivity contribution >= 4 is 17.6 Å². The molecule has 0 bridgehead atoms. The predicted molar refractivity (Wildman–Crippen MR) is 165 cm³/mol. The molecule has 1 saturated carbocycles. The maximum atomic E-state index is 14.7. The van der Waals surface area contributed by atoms with Crippen molar-refractivity contribution in [3.8, 4) is 11.3 Å². The highest BCUT2D eigenvalue weighted by atomic mass is 19.2. The van der Waals surface area contributed by atoms with Crippen molar-refractivity contribution in [1.29, 1.82) is 0 Å². The zero-order valence-corrected chi connectivity index (χ0v) is 26.2. The minimum atomic E-state index is -1.97. The standard InChI is InChI=1S/C34H34F4N6O2/c1-6-34(14-17(2)11-18(3)15-34)16-25-32(44(5)26(45)13-23-19(4)27(35)29(37)30(38)28(23)36)41-24-10-8-20-12-21(33(46)42-43-39)7-9-22(20)31(24)40-25/h7,9,12,18H,2,6,8,10-11,13-16H2,1,3-5H3. The van der Waals surface area contributed by atoms with Gasteiger partial charge in [0.1, 0.15) is 0 Å². The third-order valence-corrected chi connectivity index (χ3v) is 9.37. The summed E-state index contributed by atoms with van der Waals surface area (Å²) in [6, 6.07) is 4.98. The van der Waals surface area contributed by atoms with Crippen LogP contribution < -0.4 is 4.90 Å². The minimum Gasteiger partial charge on any atom is -0.298 e. The first-order chi connectivity index (χ1) is 21.8. The molecule has 5 rings (SSSR count). The fourth-order valence-electron chi connectivity index (χ4n) is 7.04. The van der Waals surface area contributed by atoms with Crippen LogP contribution in [0.1, 0.15) is 78.0 Å². The lowest BCUT2D eigenvalue weighted by molar-refractivity contribution is -0.117. The van der Waals surface area contributed by atoms with E-state index in [1.807, 2.05) is 0 Å². The van der Waals surface area contributed by atoms with E-state index in [1.54, 1.807) is 18.2 Å². The number of rotatable bonds is 7. The lowest BCUT2D eigenvalue weighted by Gasteiger charge is -2.41. The van der Waals surface area contributed by atoms with Gasteiger partial charge in [-0.2, -0.15) is 0 Å². The number of hydrogen-bond donors (Lipinski definition) is 0. The Morgan fingerprint density at radius 1 is 1.13 bits per heavy atom. The summed E-state index contributed by atoms with van der Waals surface area (Å²) in [4.78, 5) is 39.6. The first kappa shape index (κ1) is 32.8. The second-order valence-corrected chi connectivity index (χ2v) is 12.6. The van der Waals surface area contributed by atoms with Crippen molar-refractivity contribution in [2.45, 2.75) is 72.1 Å². The van der Waals surface area contributed by atoms with E-state index in [1.165, 1.54) is 11.9 Å². The van der Waals surface area contributed by atoms with Gasteiger partial charge in [0.05, 0.1) is 23.5 Å². The van der Waals surface area contributed by atoms with Gasteiger partial charge in [-0.05, 0) is 91.0 Å². The van der Waals surface area contributed by atoms with E-state index in [2.05, 4.69) is 30.5 Å². The van der Waals surface area contributed by atoms with E-state index in [4.69, 9.17) is 15.5 Å². The number of halogens is 4. The Balaban J connectivity index is 1.60. The number of likely N-dealkylation sites (N-methyl/N-ethyl adjacent to an activating group) is 1. The number of nitrogens with zero attached hydrogens (tertiary/aromatic N) is 6. The number of azide groups is 1. The summed E-state index contributed by atoms with van der Waals surface area (Å²) in [5, 5.41) is 3.18. The maximum absolute atomic E-state index is 14.7. The molecule has 12 heteroatoms. The van der Waals surface area contributed by atoms with Crippen LogP contribution >= 0.6 is 0 Å². The van der Waals surface area contributed by atoms with Crippen LogP contribution in [0.3, 0.4) is 0 Å². The van der Waals surface area contributed by atoms with Crippen LogP contribution in [0, 0.1) is 41.5 Å². The molecule has 2 aliphatic rings. The van der Waals surface area contributed by atoms with Crippen molar-refractivity contribution < 1.29 is 27.2 Å². The Kier molecular flexibility index (Phi) is 9.04. The molecule has 8 nitrogen and oxygen atoms in total. The Morgan fingerprint density at radius 2 is 1.85 bits per heavy atom. The van der Waals surface area contributed by atoms with Crippen LogP contribution in [0.2, 0.25) is 0 Å². The molecular weight excluding hydrogens is 600 g/mol. The topological polar surface area (TPSA) is 112 Å². The number of carbonyl (C=O) groups is 2. The summed E-state index contributed by atoms with van der Waals surface area (Å²) >= 11 is 0. The molecule has 240 valence electrons. The summed E-state index contributed by atoms with van der Waals surface area (Å²) in [6.07, 6.45) is 4.06. The summed E-state index contributed by atoms with van der Waals surface area (Å²) in [7, 11) is 1.46. The Bertz CT molecular complexity index is 1810. The second kappa shape index (κ2) is 12.7. The molecule has 2 amide bonds. The van der Waals surface area contributed by atoms with Crippen LogP contribution in [0.4, 0.5) is 23.4 Å². The molecule has 0 radical (unpaired) electrons. The molecule has 2 aromatic carbocycles. The van der Waals surface area contributed by atoms with Crippen molar-refractivity contribution in [3.05, 3.63) is 97.7 Å². The Labute approximate surface area is 264 Å². The van der Waals surface area contributed by atoms with Gasteiger partial charge in [-0.15, -0.1) is 0 Å². The van der Waals surface area contributed by atoms with E-state index in [9.17, 15) is 27.2 Å². The lowest BCUT2D eigenvalue weighted by Crippen LogP contribution is -2.35. The highest BCUT2D eigenvalue weighted by Gasteiger charge is 2.38. The van der Waals surface area contributed by atoms with Gasteiger partial charge in [-0.3, -0.25) is 14.5 Å². The van der Waals surface area contributed by atoms with Crippen molar-refractivity contribution in [2.24, 2.45) is 16.4 Å². The Morgan fingerprint density at radius 3 is 2.52 bits per heavy atom. The van der Waals surface area contributed by atoms with E-state index < -0.39 is 52.6 Å². The van der Waals surface area contributed by atoms with E-state index >= 15 is 0 Å². The number of fused-ring (bicyclic) bond motifs is 3. The Hall–Kier alpha value is -4.57. The average Bonchev–Trinajstić information content (AvgIpc) is 3.03. The first-order valence-electron chi connectivity index (χ1n) is 15.2. The van der Waals surface area contributed by atoms with Crippen molar-refractivity contribution in [3.63, 3.8) is 0 Å². The first-order valence-corrected chi connectivity index (χ1v) is 15.2. The number of allylic oxidation sites excluding steroid dienone is 1. The van der Waals surface area contributed by atoms with Crippen LogP contribution in [0.25, 0.3) is 21.7 Å². The monoisotopic (exact) mass is 634 g/mol. The zero-order chi connectivity index (χ0) is 33.5. The van der Waals surface area contributed by atoms with Gasteiger partial charge in [0.25, 0.3) is 0 Å². The van der Waals surface area contributed by atoms with Gasteiger partial charge in [0.2, 0.25) is 11.8 Å². The summed E-state index contributed by atoms with van der Waals surface area (Å²) in [5.41, 5.74) is 12.1. The maximum Gasteiger partial charge on any atom is 0.249 e. The SMILES string of the molecule is C=C1CC(C)CC(CC)(Cc2nc3c(nc2N(C)C(=O)Cc2c(C)c(F)c(F)c(F)c2F)CCc2cc(C(=O)N=[N+]=[N-])ccc2-3)C1. The van der Waals surface area contributed by atoms with Gasteiger partial charge < -0.3 is 0 Å². The van der Waals surface area contributed by atoms with Gasteiger partial charge in [0, 0.05) is 28.6 Å². The summed E-state index contributed by atoms with van der Waals surface area (Å²) in [6.45, 7) is 9.65. The van der Waals surface area contributed by atoms with E-state index in [-0.39, 0.29) is 16.8 Å². The van der Waals surface area contributed by atoms with Gasteiger partial charge in [-0.1, -0.05) is 38.1 Å². The van der Waals surface area contributed by atoms with Crippen molar-refractivity contribution in [2.75, 3.05) is 11.9 Å². The molecule has 1 fully saturated rings. The molecule has 0 spiro atoms. The fourth-order valence-corrected chi connectivity index (χ4v) is 7.04. The third kappa shape index (κ3) is 6.01. The minimum absolute atomic E-state index is 0.217. The number of amides is 2. The van der Waals surface area contributed by atoms with Gasteiger partial charge in [0.15, 0.2) is 29.1 Å².